The number of halogens is 2. The molecule has 21 heavy (non-hydrogen) atoms. The van der Waals surface area contributed by atoms with Crippen LogP contribution in [0.15, 0.2) is 12.3 Å². The van der Waals surface area contributed by atoms with Crippen LogP contribution in [0.5, 0.6) is 0 Å². The molecular formula is C15H20ClFN2O2. The van der Waals surface area contributed by atoms with Crippen molar-refractivity contribution < 1.29 is 13.9 Å². The number of ether oxygens (including phenoxy) is 1. The van der Waals surface area contributed by atoms with E-state index in [2.05, 4.69) is 4.98 Å². The maximum Gasteiger partial charge on any atom is 0.410 e. The molecule has 1 saturated heterocycles. The van der Waals surface area contributed by atoms with Crippen molar-refractivity contribution in [3.8, 4) is 0 Å². The Bertz CT molecular complexity index is 523. The molecule has 0 radical (unpaired) electrons. The van der Waals surface area contributed by atoms with Gasteiger partial charge in [-0.1, -0.05) is 11.6 Å². The van der Waals surface area contributed by atoms with Gasteiger partial charge in [0, 0.05) is 19.3 Å². The Labute approximate surface area is 129 Å². The van der Waals surface area contributed by atoms with Gasteiger partial charge >= 0.3 is 6.09 Å². The summed E-state index contributed by atoms with van der Waals surface area (Å²) >= 11 is 5.59. The van der Waals surface area contributed by atoms with Gasteiger partial charge in [-0.25, -0.2) is 14.2 Å². The molecule has 2 rings (SSSR count). The van der Waals surface area contributed by atoms with Gasteiger partial charge in [-0.05, 0) is 51.2 Å². The highest BCUT2D eigenvalue weighted by atomic mass is 35.5. The second-order valence-electron chi connectivity index (χ2n) is 6.28. The molecule has 0 unspecified atom stereocenters. The molecule has 0 spiro atoms. The summed E-state index contributed by atoms with van der Waals surface area (Å²) in [5.41, 5.74) is 0.345. The normalized spacial score (nSPS) is 16.9. The van der Waals surface area contributed by atoms with E-state index in [1.54, 1.807) is 11.1 Å². The van der Waals surface area contributed by atoms with Crippen molar-refractivity contribution in [2.45, 2.75) is 45.1 Å². The molecule has 6 heteroatoms. The average Bonchev–Trinajstić information content (AvgIpc) is 2.40. The van der Waals surface area contributed by atoms with E-state index in [0.717, 1.165) is 18.4 Å². The van der Waals surface area contributed by atoms with Gasteiger partial charge < -0.3 is 9.64 Å². The molecule has 1 amide bonds. The van der Waals surface area contributed by atoms with Crippen molar-refractivity contribution in [2.24, 2.45) is 0 Å². The van der Waals surface area contributed by atoms with Crippen molar-refractivity contribution >= 4 is 17.7 Å². The number of rotatable bonds is 1. The lowest BCUT2D eigenvalue weighted by Crippen LogP contribution is -2.41. The number of hydrogen-bond acceptors (Lipinski definition) is 3. The zero-order valence-corrected chi connectivity index (χ0v) is 13.3. The Morgan fingerprint density at radius 3 is 2.57 bits per heavy atom. The van der Waals surface area contributed by atoms with Crippen LogP contribution in [0, 0.1) is 5.82 Å². The highest BCUT2D eigenvalue weighted by Gasteiger charge is 2.27. The summed E-state index contributed by atoms with van der Waals surface area (Å²) in [6.45, 7) is 6.74. The summed E-state index contributed by atoms with van der Waals surface area (Å²) in [6, 6.07) is 1.43. The highest BCUT2D eigenvalue weighted by molar-refractivity contribution is 6.29. The molecule has 0 saturated carbocycles. The lowest BCUT2D eigenvalue weighted by Gasteiger charge is -2.33. The number of amides is 1. The lowest BCUT2D eigenvalue weighted by molar-refractivity contribution is 0.0204. The fourth-order valence-electron chi connectivity index (χ4n) is 2.38. The van der Waals surface area contributed by atoms with Crippen LogP contribution in [0.3, 0.4) is 0 Å². The first kappa shape index (κ1) is 16.0. The fourth-order valence-corrected chi connectivity index (χ4v) is 2.48. The Balaban J connectivity index is 1.94. The molecule has 1 aromatic rings. The summed E-state index contributed by atoms with van der Waals surface area (Å²) < 4.78 is 18.8. The molecule has 0 aliphatic carbocycles. The average molecular weight is 315 g/mol. The Morgan fingerprint density at radius 2 is 2.05 bits per heavy atom. The minimum atomic E-state index is -0.497. The van der Waals surface area contributed by atoms with Crippen molar-refractivity contribution in [1.29, 1.82) is 0 Å². The largest absolute Gasteiger partial charge is 0.444 e. The van der Waals surface area contributed by atoms with Gasteiger partial charge in [-0.2, -0.15) is 0 Å². The second kappa shape index (κ2) is 6.18. The van der Waals surface area contributed by atoms with Crippen LogP contribution in [0.1, 0.15) is 45.1 Å². The van der Waals surface area contributed by atoms with Gasteiger partial charge in [0.25, 0.3) is 0 Å². The summed E-state index contributed by atoms with van der Waals surface area (Å²) in [4.78, 5) is 17.5. The van der Waals surface area contributed by atoms with E-state index < -0.39 is 11.4 Å². The molecule has 4 nitrogen and oxygen atoms in total. The zero-order valence-electron chi connectivity index (χ0n) is 12.5. The van der Waals surface area contributed by atoms with Crippen LogP contribution < -0.4 is 0 Å². The first-order valence-electron chi connectivity index (χ1n) is 7.05. The number of piperidine rings is 1. The van der Waals surface area contributed by atoms with Crippen LogP contribution in [0.25, 0.3) is 0 Å². The quantitative estimate of drug-likeness (QED) is 0.736. The third kappa shape index (κ3) is 4.30. The highest BCUT2D eigenvalue weighted by Crippen LogP contribution is 2.29. The van der Waals surface area contributed by atoms with Gasteiger partial charge in [-0.3, -0.25) is 0 Å². The summed E-state index contributed by atoms with van der Waals surface area (Å²) in [7, 11) is 0. The summed E-state index contributed by atoms with van der Waals surface area (Å²) in [5.74, 6) is -0.299. The fraction of sp³-hybridized carbons (Fsp3) is 0.600. The molecule has 0 N–H and O–H groups in total. The molecule has 1 aliphatic rings. The Kier molecular flexibility index (Phi) is 4.71. The molecule has 0 bridgehead atoms. The first-order chi connectivity index (χ1) is 9.76. The lowest BCUT2D eigenvalue weighted by atomic mass is 9.90. The molecule has 0 atom stereocenters. The predicted octanol–water partition coefficient (Wildman–Crippen LogP) is 3.99. The minimum Gasteiger partial charge on any atom is -0.444 e. The minimum absolute atomic E-state index is 0.107. The van der Waals surface area contributed by atoms with E-state index in [9.17, 15) is 9.18 Å². The number of pyridine rings is 1. The second-order valence-corrected chi connectivity index (χ2v) is 6.64. The van der Waals surface area contributed by atoms with E-state index in [-0.39, 0.29) is 17.2 Å². The molecular weight excluding hydrogens is 295 g/mol. The number of likely N-dealkylation sites (tertiary alicyclic amines) is 1. The molecule has 2 heterocycles. The molecule has 0 aromatic carbocycles. The van der Waals surface area contributed by atoms with Crippen molar-refractivity contribution in [3.05, 3.63) is 28.8 Å². The monoisotopic (exact) mass is 314 g/mol. The number of aromatic nitrogens is 1. The van der Waals surface area contributed by atoms with Gasteiger partial charge in [0.15, 0.2) is 11.0 Å². The van der Waals surface area contributed by atoms with Crippen LogP contribution >= 0.6 is 11.6 Å². The van der Waals surface area contributed by atoms with Crippen LogP contribution in [-0.2, 0) is 4.74 Å². The molecule has 1 fully saturated rings. The third-order valence-corrected chi connectivity index (χ3v) is 3.71. The standard InChI is InChI=1S/C15H20ClFN2O2/c1-15(2,3)21-14(20)19-6-4-10(5-7-19)11-8-12(17)13(16)18-9-11/h8-10H,4-7H2,1-3H3. The predicted molar refractivity (Wildman–Crippen MR) is 79.0 cm³/mol. The molecule has 1 aromatic heterocycles. The van der Waals surface area contributed by atoms with Crippen molar-refractivity contribution in [3.63, 3.8) is 0 Å². The van der Waals surface area contributed by atoms with Crippen LogP contribution in [-0.4, -0.2) is 34.7 Å². The Morgan fingerprint density at radius 1 is 1.43 bits per heavy atom. The maximum atomic E-state index is 13.4. The van der Waals surface area contributed by atoms with Gasteiger partial charge in [0.2, 0.25) is 0 Å². The zero-order chi connectivity index (χ0) is 15.6. The SMILES string of the molecule is CC(C)(C)OC(=O)N1CCC(c2cnc(Cl)c(F)c2)CC1. The maximum absolute atomic E-state index is 13.4. The topological polar surface area (TPSA) is 42.4 Å². The van der Waals surface area contributed by atoms with Gasteiger partial charge in [0.1, 0.15) is 5.60 Å². The summed E-state index contributed by atoms with van der Waals surface area (Å²) in [6.07, 6.45) is 2.85. The van der Waals surface area contributed by atoms with Crippen LogP contribution in [0.2, 0.25) is 5.15 Å². The van der Waals surface area contributed by atoms with E-state index in [0.29, 0.717) is 13.1 Å². The molecule has 1 aliphatic heterocycles. The van der Waals surface area contributed by atoms with Gasteiger partial charge in [-0.15, -0.1) is 0 Å². The van der Waals surface area contributed by atoms with E-state index in [4.69, 9.17) is 16.3 Å². The molecule has 116 valence electrons. The number of nitrogens with zero attached hydrogens (tertiary/aromatic N) is 2. The summed E-state index contributed by atoms with van der Waals surface area (Å²) in [5, 5.41) is -0.107. The first-order valence-corrected chi connectivity index (χ1v) is 7.43. The number of carbonyl (C=O) groups is 1. The number of hydrogen-bond donors (Lipinski definition) is 0. The smallest absolute Gasteiger partial charge is 0.410 e. The van der Waals surface area contributed by atoms with E-state index >= 15 is 0 Å². The van der Waals surface area contributed by atoms with Crippen molar-refractivity contribution in [2.75, 3.05) is 13.1 Å². The van der Waals surface area contributed by atoms with E-state index in [1.165, 1.54) is 6.07 Å². The van der Waals surface area contributed by atoms with Gasteiger partial charge in [0.05, 0.1) is 0 Å². The van der Waals surface area contributed by atoms with Crippen molar-refractivity contribution in [1.82, 2.24) is 9.88 Å². The van der Waals surface area contributed by atoms with E-state index in [1.807, 2.05) is 20.8 Å². The Hall–Kier alpha value is -1.36. The van der Waals surface area contributed by atoms with Crippen LogP contribution in [0.4, 0.5) is 9.18 Å². The number of carbonyl (C=O) groups excluding carboxylic acids is 1. The third-order valence-electron chi connectivity index (χ3n) is 3.44.